The van der Waals surface area contributed by atoms with Gasteiger partial charge in [-0.15, -0.1) is 0 Å². The highest BCUT2D eigenvalue weighted by molar-refractivity contribution is 9.10. The lowest BCUT2D eigenvalue weighted by atomic mass is 9.86. The molecule has 0 saturated carbocycles. The topological polar surface area (TPSA) is 101 Å². The summed E-state index contributed by atoms with van der Waals surface area (Å²) in [6.45, 7) is 1.78. The third-order valence-corrected chi connectivity index (χ3v) is 7.06. The maximum absolute atomic E-state index is 13.5. The van der Waals surface area contributed by atoms with Crippen LogP contribution in [0.5, 0.6) is 0 Å². The summed E-state index contributed by atoms with van der Waals surface area (Å²) in [7, 11) is 0. The van der Waals surface area contributed by atoms with Crippen LogP contribution in [0.3, 0.4) is 0 Å². The lowest BCUT2D eigenvalue weighted by Crippen LogP contribution is -2.67. The van der Waals surface area contributed by atoms with Crippen LogP contribution in [0.15, 0.2) is 65.1 Å². The molecule has 8 nitrogen and oxygen atoms in total. The van der Waals surface area contributed by atoms with Crippen molar-refractivity contribution in [3.05, 3.63) is 103 Å². The average molecular weight is 541 g/mol. The van der Waals surface area contributed by atoms with Gasteiger partial charge in [-0.1, -0.05) is 51.8 Å². The molecule has 1 fully saturated rings. The van der Waals surface area contributed by atoms with E-state index in [4.69, 9.17) is 11.6 Å². The first kappa shape index (κ1) is 22.2. The molecular formula is C24H15BrClN3O5. The fourth-order valence-electron chi connectivity index (χ4n) is 4.56. The summed E-state index contributed by atoms with van der Waals surface area (Å²) in [5, 5.41) is 12.0. The van der Waals surface area contributed by atoms with E-state index in [-0.39, 0.29) is 11.1 Å². The number of halogens is 2. The van der Waals surface area contributed by atoms with Crippen LogP contribution in [0.1, 0.15) is 37.9 Å². The summed E-state index contributed by atoms with van der Waals surface area (Å²) in [4.78, 5) is 53.3. The smallest absolute Gasteiger partial charge is 0.282 e. The Morgan fingerprint density at radius 2 is 1.65 bits per heavy atom. The minimum absolute atomic E-state index is 0.0858. The second-order valence-electron chi connectivity index (χ2n) is 7.97. The Bertz CT molecular complexity index is 1430. The molecule has 3 amide bonds. The summed E-state index contributed by atoms with van der Waals surface area (Å²) >= 11 is 9.73. The molecule has 2 heterocycles. The maximum atomic E-state index is 13.5. The standard InChI is InChI=1S/C24H15BrClN3O5/c1-12-16(26)8-4-9-17(12)27-20(13-5-2-6-14(25)11-13)21(24(27)32)28-22(30)15-7-3-10-18(29(33)34)19(15)23(28)31/h2-11,20-21H,1H3/t20-,21-/m0/s1. The Morgan fingerprint density at radius 3 is 2.35 bits per heavy atom. The van der Waals surface area contributed by atoms with Crippen LogP contribution in [0.2, 0.25) is 5.02 Å². The Hall–Kier alpha value is -3.56. The van der Waals surface area contributed by atoms with Crippen LogP contribution < -0.4 is 4.90 Å². The lowest BCUT2D eigenvalue weighted by molar-refractivity contribution is -0.385. The largest absolute Gasteiger partial charge is 0.300 e. The Kier molecular flexibility index (Phi) is 5.26. The van der Waals surface area contributed by atoms with E-state index in [0.717, 1.165) is 9.37 Å². The number of hydrogen-bond acceptors (Lipinski definition) is 5. The molecule has 0 aliphatic carbocycles. The highest BCUT2D eigenvalue weighted by Gasteiger charge is 2.58. The van der Waals surface area contributed by atoms with Crippen LogP contribution in [-0.2, 0) is 4.79 Å². The van der Waals surface area contributed by atoms with Crippen LogP contribution in [0.4, 0.5) is 11.4 Å². The van der Waals surface area contributed by atoms with Gasteiger partial charge in [-0.25, -0.2) is 0 Å². The van der Waals surface area contributed by atoms with E-state index < -0.39 is 40.4 Å². The summed E-state index contributed by atoms with van der Waals surface area (Å²) in [5.74, 6) is -2.06. The molecule has 0 aromatic heterocycles. The van der Waals surface area contributed by atoms with E-state index in [2.05, 4.69) is 15.9 Å². The van der Waals surface area contributed by atoms with Crippen molar-refractivity contribution in [3.63, 3.8) is 0 Å². The molecule has 3 aromatic carbocycles. The third kappa shape index (κ3) is 3.15. The highest BCUT2D eigenvalue weighted by atomic mass is 79.9. The van der Waals surface area contributed by atoms with E-state index in [1.807, 2.05) is 6.07 Å². The predicted octanol–water partition coefficient (Wildman–Crippen LogP) is 5.07. The highest BCUT2D eigenvalue weighted by Crippen LogP contribution is 2.46. The van der Waals surface area contributed by atoms with Gasteiger partial charge in [0.2, 0.25) is 0 Å². The summed E-state index contributed by atoms with van der Waals surface area (Å²) in [6.07, 6.45) is 0. The molecule has 5 rings (SSSR count). The zero-order chi connectivity index (χ0) is 24.3. The molecule has 0 N–H and O–H groups in total. The molecule has 0 spiro atoms. The van der Waals surface area contributed by atoms with Gasteiger partial charge < -0.3 is 4.90 Å². The molecule has 10 heteroatoms. The molecule has 170 valence electrons. The molecule has 2 aliphatic rings. The monoisotopic (exact) mass is 539 g/mol. The first-order valence-electron chi connectivity index (χ1n) is 10.2. The number of amides is 3. The number of nitrogens with zero attached hydrogens (tertiary/aromatic N) is 3. The summed E-state index contributed by atoms with van der Waals surface area (Å²) in [5.41, 5.74) is 1.07. The van der Waals surface area contributed by atoms with Crippen molar-refractivity contribution in [3.8, 4) is 0 Å². The molecular weight excluding hydrogens is 526 g/mol. The fourth-order valence-corrected chi connectivity index (χ4v) is 5.15. The van der Waals surface area contributed by atoms with Gasteiger partial charge >= 0.3 is 0 Å². The van der Waals surface area contributed by atoms with Gasteiger partial charge in [-0.05, 0) is 48.4 Å². The molecule has 0 bridgehead atoms. The normalized spacial score (nSPS) is 19.3. The van der Waals surface area contributed by atoms with Gasteiger partial charge in [0.05, 0.1) is 16.5 Å². The number of nitro benzene ring substituents is 1. The number of imide groups is 1. The minimum Gasteiger partial charge on any atom is -0.300 e. The maximum Gasteiger partial charge on any atom is 0.282 e. The number of anilines is 1. The molecule has 0 radical (unpaired) electrons. The van der Waals surface area contributed by atoms with Crippen molar-refractivity contribution in [1.29, 1.82) is 0 Å². The number of nitro groups is 1. The van der Waals surface area contributed by atoms with E-state index >= 15 is 0 Å². The number of fused-ring (bicyclic) bond motifs is 1. The number of β-lactam (4-membered cyclic amide) rings is 1. The van der Waals surface area contributed by atoms with Crippen LogP contribution in [0.25, 0.3) is 0 Å². The van der Waals surface area contributed by atoms with Crippen molar-refractivity contribution in [2.24, 2.45) is 0 Å². The molecule has 3 aromatic rings. The van der Waals surface area contributed by atoms with Crippen LogP contribution >= 0.6 is 27.5 Å². The van der Waals surface area contributed by atoms with Crippen LogP contribution in [0, 0.1) is 17.0 Å². The third-order valence-electron chi connectivity index (χ3n) is 6.16. The quantitative estimate of drug-likeness (QED) is 0.199. The van der Waals surface area contributed by atoms with Crippen molar-refractivity contribution in [2.45, 2.75) is 19.0 Å². The number of rotatable bonds is 4. The Labute approximate surface area is 207 Å². The first-order valence-corrected chi connectivity index (χ1v) is 11.4. The Morgan fingerprint density at radius 1 is 0.941 bits per heavy atom. The number of carbonyl (C=O) groups excluding carboxylic acids is 3. The molecule has 0 unspecified atom stereocenters. The van der Waals surface area contributed by atoms with Gasteiger partial charge in [0.1, 0.15) is 11.6 Å². The molecule has 1 saturated heterocycles. The van der Waals surface area contributed by atoms with Crippen molar-refractivity contribution in [2.75, 3.05) is 4.90 Å². The summed E-state index contributed by atoms with van der Waals surface area (Å²) in [6, 6.07) is 14.4. The van der Waals surface area contributed by atoms with E-state index in [1.165, 1.54) is 23.1 Å². The van der Waals surface area contributed by atoms with Crippen molar-refractivity contribution in [1.82, 2.24) is 4.90 Å². The van der Waals surface area contributed by atoms with Gasteiger partial charge in [0, 0.05) is 21.2 Å². The fraction of sp³-hybridized carbons (Fsp3) is 0.125. The minimum atomic E-state index is -1.17. The zero-order valence-electron chi connectivity index (χ0n) is 17.6. The van der Waals surface area contributed by atoms with Crippen LogP contribution in [-0.4, -0.2) is 33.6 Å². The average Bonchev–Trinajstić information content (AvgIpc) is 3.05. The van der Waals surface area contributed by atoms with Gasteiger partial charge in [0.25, 0.3) is 23.4 Å². The van der Waals surface area contributed by atoms with Gasteiger partial charge in [-0.2, -0.15) is 0 Å². The van der Waals surface area contributed by atoms with E-state index in [9.17, 15) is 24.5 Å². The SMILES string of the molecule is Cc1c(Cl)cccc1N1C(=O)[C@@H](N2C(=O)c3cccc([N+](=O)[O-])c3C2=O)[C@@H]1c1cccc(Br)c1. The Balaban J connectivity index is 1.64. The number of hydrogen-bond donors (Lipinski definition) is 0. The zero-order valence-corrected chi connectivity index (χ0v) is 19.9. The number of carbonyl (C=O) groups is 3. The first-order chi connectivity index (χ1) is 16.2. The lowest BCUT2D eigenvalue weighted by Gasteiger charge is -2.50. The predicted molar refractivity (Wildman–Crippen MR) is 128 cm³/mol. The molecule has 34 heavy (non-hydrogen) atoms. The van der Waals surface area contributed by atoms with Gasteiger partial charge in [0.15, 0.2) is 0 Å². The second kappa shape index (κ2) is 8.03. The summed E-state index contributed by atoms with van der Waals surface area (Å²) < 4.78 is 0.754. The molecule has 2 atom stereocenters. The van der Waals surface area contributed by atoms with E-state index in [1.54, 1.807) is 43.3 Å². The van der Waals surface area contributed by atoms with Crippen molar-refractivity contribution >= 4 is 56.6 Å². The second-order valence-corrected chi connectivity index (χ2v) is 9.30. The molecule has 2 aliphatic heterocycles. The van der Waals surface area contributed by atoms with E-state index in [0.29, 0.717) is 21.8 Å². The van der Waals surface area contributed by atoms with Gasteiger partial charge in [-0.3, -0.25) is 29.4 Å². The number of benzene rings is 3. The van der Waals surface area contributed by atoms with Crippen molar-refractivity contribution < 1.29 is 19.3 Å².